The van der Waals surface area contributed by atoms with Crippen LogP contribution >= 0.6 is 0 Å². The van der Waals surface area contributed by atoms with Crippen LogP contribution in [0, 0.1) is 5.82 Å². The summed E-state index contributed by atoms with van der Waals surface area (Å²) in [5.74, 6) is -0.978. The first-order chi connectivity index (χ1) is 5.54. The minimum absolute atomic E-state index is 0.503. The van der Waals surface area contributed by atoms with Crippen molar-refractivity contribution in [1.82, 2.24) is 4.98 Å². The van der Waals surface area contributed by atoms with E-state index >= 15 is 0 Å². The van der Waals surface area contributed by atoms with Gasteiger partial charge in [-0.25, -0.2) is 4.39 Å². The van der Waals surface area contributed by atoms with Gasteiger partial charge < -0.3 is 10.0 Å². The molecule has 1 rings (SSSR count). The Bertz CT molecular complexity index is 310. The Morgan fingerprint density at radius 2 is 2.40 bits per heavy atom. The standard InChI is InChI=1S/C5H5BFNO2/c7-5-1-4(6(9)10)2-8-3-5/h1-3,9-10H/i1D,2D. The second-order valence-corrected chi connectivity index (χ2v) is 1.63. The Balaban J connectivity index is 3.33. The SMILES string of the molecule is [2H]c1ncc(F)c([2H])c1B(O)O. The van der Waals surface area contributed by atoms with Gasteiger partial charge in [0.15, 0.2) is 0 Å². The summed E-state index contributed by atoms with van der Waals surface area (Å²) in [6, 6.07) is -0.704. The zero-order valence-electron chi connectivity index (χ0n) is 6.87. The van der Waals surface area contributed by atoms with E-state index < -0.39 is 30.6 Å². The van der Waals surface area contributed by atoms with Crippen molar-refractivity contribution in [1.29, 1.82) is 0 Å². The molecule has 0 aliphatic rings. The lowest BCUT2D eigenvalue weighted by atomic mass is 9.82. The van der Waals surface area contributed by atoms with Crippen LogP contribution < -0.4 is 5.46 Å². The number of hydrogen-bond acceptors (Lipinski definition) is 3. The van der Waals surface area contributed by atoms with Crippen LogP contribution in [0.4, 0.5) is 4.39 Å². The van der Waals surface area contributed by atoms with E-state index in [2.05, 4.69) is 4.98 Å². The normalized spacial score (nSPS) is 12.3. The van der Waals surface area contributed by atoms with Crippen molar-refractivity contribution < 1.29 is 17.2 Å². The second-order valence-electron chi connectivity index (χ2n) is 1.63. The van der Waals surface area contributed by atoms with Crippen LogP contribution in [0.2, 0.25) is 0 Å². The van der Waals surface area contributed by atoms with Gasteiger partial charge in [-0.05, 0) is 6.04 Å². The Morgan fingerprint density at radius 1 is 1.70 bits per heavy atom. The van der Waals surface area contributed by atoms with Gasteiger partial charge in [-0.1, -0.05) is 0 Å². The van der Waals surface area contributed by atoms with Crippen molar-refractivity contribution in [3.8, 4) is 0 Å². The molecule has 1 aromatic rings. The minimum atomic E-state index is -2.03. The van der Waals surface area contributed by atoms with Crippen molar-refractivity contribution in [3.63, 3.8) is 0 Å². The molecule has 5 heteroatoms. The summed E-state index contributed by atoms with van der Waals surface area (Å²) >= 11 is 0. The van der Waals surface area contributed by atoms with Crippen molar-refractivity contribution in [2.24, 2.45) is 0 Å². The molecule has 10 heavy (non-hydrogen) atoms. The molecule has 0 saturated carbocycles. The molecular weight excluding hydrogens is 136 g/mol. The van der Waals surface area contributed by atoms with E-state index in [1.54, 1.807) is 0 Å². The van der Waals surface area contributed by atoms with Gasteiger partial charge >= 0.3 is 7.12 Å². The predicted octanol–water partition coefficient (Wildman–Crippen LogP) is -1.10. The molecule has 0 saturated heterocycles. The number of hydrogen-bond donors (Lipinski definition) is 2. The zero-order valence-corrected chi connectivity index (χ0v) is 4.87. The van der Waals surface area contributed by atoms with Gasteiger partial charge in [-0.15, -0.1) is 0 Å². The number of pyridine rings is 1. The molecule has 0 amide bonds. The third-order valence-corrected chi connectivity index (χ3v) is 0.875. The summed E-state index contributed by atoms with van der Waals surface area (Å²) < 4.78 is 26.6. The first kappa shape index (κ1) is 4.82. The Hall–Kier alpha value is -0.935. The van der Waals surface area contributed by atoms with Crippen molar-refractivity contribution in [2.75, 3.05) is 0 Å². The third-order valence-electron chi connectivity index (χ3n) is 0.875. The van der Waals surface area contributed by atoms with Crippen LogP contribution in [-0.4, -0.2) is 22.2 Å². The molecule has 1 heterocycles. The Kier molecular flexibility index (Phi) is 1.33. The van der Waals surface area contributed by atoms with E-state index in [4.69, 9.17) is 12.8 Å². The average Bonchev–Trinajstić information content (AvgIpc) is 1.97. The van der Waals surface area contributed by atoms with Crippen LogP contribution in [0.5, 0.6) is 0 Å². The van der Waals surface area contributed by atoms with E-state index in [0.717, 1.165) is 0 Å². The molecule has 0 fully saturated rings. The van der Waals surface area contributed by atoms with Crippen molar-refractivity contribution >= 4 is 12.6 Å². The average molecular weight is 143 g/mol. The molecule has 0 spiro atoms. The largest absolute Gasteiger partial charge is 0.490 e. The summed E-state index contributed by atoms with van der Waals surface area (Å²) in [6.07, 6.45) is 0.188. The smallest absolute Gasteiger partial charge is 0.423 e. The monoisotopic (exact) mass is 143 g/mol. The number of aromatic nitrogens is 1. The highest BCUT2D eigenvalue weighted by Gasteiger charge is 2.10. The van der Waals surface area contributed by atoms with E-state index in [1.165, 1.54) is 0 Å². The molecule has 1 aromatic heterocycles. The number of nitrogens with zero attached hydrogens (tertiary/aromatic N) is 1. The van der Waals surface area contributed by atoms with E-state index in [0.29, 0.717) is 6.20 Å². The van der Waals surface area contributed by atoms with Gasteiger partial charge in [0.2, 0.25) is 0 Å². The van der Waals surface area contributed by atoms with E-state index in [1.807, 2.05) is 0 Å². The minimum Gasteiger partial charge on any atom is -0.423 e. The van der Waals surface area contributed by atoms with Gasteiger partial charge in [0, 0.05) is 11.6 Å². The second kappa shape index (κ2) is 2.77. The maximum absolute atomic E-state index is 12.6. The Morgan fingerprint density at radius 3 is 2.90 bits per heavy atom. The first-order valence-corrected chi connectivity index (χ1v) is 2.51. The summed E-state index contributed by atoms with van der Waals surface area (Å²) in [4.78, 5) is 3.21. The first-order valence-electron chi connectivity index (χ1n) is 3.51. The van der Waals surface area contributed by atoms with Gasteiger partial charge in [0.25, 0.3) is 0 Å². The summed E-state index contributed by atoms with van der Waals surface area (Å²) in [6.45, 7) is 0. The van der Waals surface area contributed by atoms with Crippen LogP contribution in [-0.2, 0) is 0 Å². The Labute approximate surface area is 60.1 Å². The van der Waals surface area contributed by atoms with Gasteiger partial charge in [0.1, 0.15) is 5.82 Å². The fourth-order valence-corrected chi connectivity index (χ4v) is 0.470. The van der Waals surface area contributed by atoms with Crippen LogP contribution in [0.15, 0.2) is 18.4 Å². The number of halogens is 1. The van der Waals surface area contributed by atoms with Gasteiger partial charge in [-0.3, -0.25) is 4.98 Å². The molecule has 0 aromatic carbocycles. The molecule has 0 aliphatic carbocycles. The summed E-state index contributed by atoms with van der Waals surface area (Å²) in [5.41, 5.74) is -0.519. The summed E-state index contributed by atoms with van der Waals surface area (Å²) in [7, 11) is -2.03. The third kappa shape index (κ3) is 1.52. The quantitative estimate of drug-likeness (QED) is 0.490. The van der Waals surface area contributed by atoms with E-state index in [9.17, 15) is 4.39 Å². The topological polar surface area (TPSA) is 53.4 Å². The van der Waals surface area contributed by atoms with Crippen molar-refractivity contribution in [2.45, 2.75) is 0 Å². The lowest BCUT2D eigenvalue weighted by Gasteiger charge is -1.95. The van der Waals surface area contributed by atoms with Crippen molar-refractivity contribution in [3.05, 3.63) is 24.2 Å². The van der Waals surface area contributed by atoms with Gasteiger partial charge in [-0.2, -0.15) is 0 Å². The molecule has 2 N–H and O–H groups in total. The van der Waals surface area contributed by atoms with E-state index in [-0.39, 0.29) is 0 Å². The highest BCUT2D eigenvalue weighted by Crippen LogP contribution is 1.88. The number of rotatable bonds is 1. The highest BCUT2D eigenvalue weighted by molar-refractivity contribution is 6.58. The predicted molar refractivity (Wildman–Crippen MR) is 34.0 cm³/mol. The molecule has 52 valence electrons. The van der Waals surface area contributed by atoms with Crippen LogP contribution in [0.1, 0.15) is 2.74 Å². The molecule has 3 nitrogen and oxygen atoms in total. The highest BCUT2D eigenvalue weighted by atomic mass is 19.1. The van der Waals surface area contributed by atoms with Crippen LogP contribution in [0.3, 0.4) is 0 Å². The fourth-order valence-electron chi connectivity index (χ4n) is 0.470. The molecule has 0 unspecified atom stereocenters. The molecule has 0 bridgehead atoms. The fraction of sp³-hybridized carbons (Fsp3) is 0. The molecule has 0 aliphatic heterocycles. The molecule has 0 radical (unpaired) electrons. The molecule has 0 atom stereocenters. The summed E-state index contributed by atoms with van der Waals surface area (Å²) in [5, 5.41) is 17.2. The maximum atomic E-state index is 12.6. The molecular formula is C5H5BFNO2. The lowest BCUT2D eigenvalue weighted by molar-refractivity contribution is 0.425. The lowest BCUT2D eigenvalue weighted by Crippen LogP contribution is -2.30. The van der Waals surface area contributed by atoms with Gasteiger partial charge in [0.05, 0.1) is 8.94 Å². The zero-order chi connectivity index (χ0) is 9.30. The van der Waals surface area contributed by atoms with Crippen LogP contribution in [0.25, 0.3) is 0 Å². The maximum Gasteiger partial charge on any atom is 0.490 e.